The summed E-state index contributed by atoms with van der Waals surface area (Å²) in [4.78, 5) is 11.7. The summed E-state index contributed by atoms with van der Waals surface area (Å²) in [5.41, 5.74) is 0.490. The van der Waals surface area contributed by atoms with Gasteiger partial charge in [-0.05, 0) is 23.8 Å². The second-order valence-corrected chi connectivity index (χ2v) is 4.13. The molecule has 0 fully saturated rings. The average molecular weight is 263 g/mol. The number of carbonyl (C=O) groups excluding carboxylic acids is 1. The van der Waals surface area contributed by atoms with E-state index in [1.54, 1.807) is 48.5 Å². The molecule has 92 valence electrons. The Kier molecular flexibility index (Phi) is 3.97. The van der Waals surface area contributed by atoms with Crippen molar-refractivity contribution in [3.05, 3.63) is 65.2 Å². The van der Waals surface area contributed by atoms with Gasteiger partial charge in [0.25, 0.3) is 0 Å². The van der Waals surface area contributed by atoms with Gasteiger partial charge >= 0.3 is 5.97 Å². The Hall–Kier alpha value is -1.84. The van der Waals surface area contributed by atoms with Crippen LogP contribution in [0.5, 0.6) is 5.75 Å². The standard InChI is InChI=1S/C14H11ClO3/c15-11-7-4-8-12(9-11)18-14(17)13(16)10-5-2-1-3-6-10/h1-9,13,16H. The lowest BCUT2D eigenvalue weighted by molar-refractivity contribution is -0.144. The molecule has 0 bridgehead atoms. The lowest BCUT2D eigenvalue weighted by atomic mass is 10.1. The highest BCUT2D eigenvalue weighted by molar-refractivity contribution is 6.30. The van der Waals surface area contributed by atoms with Gasteiger partial charge in [-0.15, -0.1) is 0 Å². The van der Waals surface area contributed by atoms with Crippen molar-refractivity contribution in [3.63, 3.8) is 0 Å². The van der Waals surface area contributed by atoms with Crippen molar-refractivity contribution in [2.24, 2.45) is 0 Å². The molecular formula is C14H11ClO3. The Morgan fingerprint density at radius 1 is 1.11 bits per heavy atom. The van der Waals surface area contributed by atoms with Crippen LogP contribution in [0.25, 0.3) is 0 Å². The first-order chi connectivity index (χ1) is 8.66. The fraction of sp³-hybridized carbons (Fsp3) is 0.0714. The van der Waals surface area contributed by atoms with Crippen LogP contribution in [0, 0.1) is 0 Å². The van der Waals surface area contributed by atoms with Gasteiger partial charge in [0, 0.05) is 5.02 Å². The third-order valence-electron chi connectivity index (χ3n) is 2.35. The number of ether oxygens (including phenoxy) is 1. The smallest absolute Gasteiger partial charge is 0.345 e. The quantitative estimate of drug-likeness (QED) is 0.683. The number of carbonyl (C=O) groups is 1. The summed E-state index contributed by atoms with van der Waals surface area (Å²) in [7, 11) is 0. The van der Waals surface area contributed by atoms with Crippen molar-refractivity contribution in [1.82, 2.24) is 0 Å². The summed E-state index contributed by atoms with van der Waals surface area (Å²) in [6.07, 6.45) is -1.30. The minimum Gasteiger partial charge on any atom is -0.424 e. The Morgan fingerprint density at radius 3 is 2.50 bits per heavy atom. The van der Waals surface area contributed by atoms with Crippen molar-refractivity contribution in [3.8, 4) is 5.75 Å². The molecule has 1 unspecified atom stereocenters. The highest BCUT2D eigenvalue weighted by Gasteiger charge is 2.19. The maximum Gasteiger partial charge on any atom is 0.345 e. The molecule has 0 aliphatic carbocycles. The summed E-state index contributed by atoms with van der Waals surface area (Å²) in [5, 5.41) is 10.3. The van der Waals surface area contributed by atoms with Crippen LogP contribution >= 0.6 is 11.6 Å². The Bertz CT molecular complexity index is 540. The normalized spacial score (nSPS) is 11.9. The van der Waals surface area contributed by atoms with Crippen LogP contribution in [-0.4, -0.2) is 11.1 Å². The molecule has 0 saturated carbocycles. The van der Waals surface area contributed by atoms with Gasteiger partial charge < -0.3 is 9.84 Å². The minimum absolute atomic E-state index is 0.308. The number of hydrogen-bond acceptors (Lipinski definition) is 3. The second kappa shape index (κ2) is 5.67. The van der Waals surface area contributed by atoms with Crippen LogP contribution in [0.3, 0.4) is 0 Å². The first kappa shape index (κ1) is 12.6. The van der Waals surface area contributed by atoms with Crippen molar-refractivity contribution in [2.45, 2.75) is 6.10 Å². The molecule has 0 radical (unpaired) electrons. The van der Waals surface area contributed by atoms with Crippen LogP contribution < -0.4 is 4.74 Å². The van der Waals surface area contributed by atoms with Crippen LogP contribution in [0.2, 0.25) is 5.02 Å². The summed E-state index contributed by atoms with van der Waals surface area (Å²) in [5.74, 6) is -0.425. The number of benzene rings is 2. The molecule has 0 heterocycles. The zero-order valence-electron chi connectivity index (χ0n) is 9.42. The van der Waals surface area contributed by atoms with E-state index in [-0.39, 0.29) is 0 Å². The van der Waals surface area contributed by atoms with Crippen molar-refractivity contribution >= 4 is 17.6 Å². The van der Waals surface area contributed by atoms with Crippen LogP contribution in [0.4, 0.5) is 0 Å². The molecule has 1 N–H and O–H groups in total. The average Bonchev–Trinajstić information content (AvgIpc) is 2.39. The Labute approximate surface area is 110 Å². The number of halogens is 1. The maximum atomic E-state index is 11.7. The molecule has 4 heteroatoms. The molecule has 0 aliphatic rings. The summed E-state index contributed by atoms with van der Waals surface area (Å²) in [6.45, 7) is 0. The van der Waals surface area contributed by atoms with E-state index in [2.05, 4.69) is 0 Å². The zero-order chi connectivity index (χ0) is 13.0. The number of aliphatic hydroxyl groups excluding tert-OH is 1. The van der Waals surface area contributed by atoms with E-state index in [0.29, 0.717) is 16.3 Å². The van der Waals surface area contributed by atoms with E-state index in [1.807, 2.05) is 0 Å². The highest BCUT2D eigenvalue weighted by Crippen LogP contribution is 2.20. The molecule has 0 amide bonds. The number of hydrogen-bond donors (Lipinski definition) is 1. The van der Waals surface area contributed by atoms with Crippen LogP contribution in [0.15, 0.2) is 54.6 Å². The molecule has 18 heavy (non-hydrogen) atoms. The third-order valence-corrected chi connectivity index (χ3v) is 2.59. The van der Waals surface area contributed by atoms with Gasteiger partial charge in [-0.2, -0.15) is 0 Å². The van der Waals surface area contributed by atoms with Gasteiger partial charge in [0.2, 0.25) is 0 Å². The van der Waals surface area contributed by atoms with E-state index < -0.39 is 12.1 Å². The SMILES string of the molecule is O=C(Oc1cccc(Cl)c1)C(O)c1ccccc1. The van der Waals surface area contributed by atoms with E-state index >= 15 is 0 Å². The lowest BCUT2D eigenvalue weighted by Crippen LogP contribution is -2.18. The van der Waals surface area contributed by atoms with Gasteiger partial charge in [-0.3, -0.25) is 0 Å². The third kappa shape index (κ3) is 3.09. The number of aliphatic hydroxyl groups is 1. The molecule has 0 saturated heterocycles. The van der Waals surface area contributed by atoms with E-state index in [0.717, 1.165) is 0 Å². The predicted octanol–water partition coefficient (Wildman–Crippen LogP) is 2.98. The molecule has 3 nitrogen and oxygen atoms in total. The molecule has 2 aromatic rings. The van der Waals surface area contributed by atoms with Crippen molar-refractivity contribution in [2.75, 3.05) is 0 Å². The fourth-order valence-corrected chi connectivity index (χ4v) is 1.65. The summed E-state index contributed by atoms with van der Waals surface area (Å²) >= 11 is 5.77. The van der Waals surface area contributed by atoms with Crippen LogP contribution in [-0.2, 0) is 4.79 Å². The zero-order valence-corrected chi connectivity index (χ0v) is 10.2. The first-order valence-corrected chi connectivity index (χ1v) is 5.75. The van der Waals surface area contributed by atoms with Crippen molar-refractivity contribution < 1.29 is 14.6 Å². The van der Waals surface area contributed by atoms with Gasteiger partial charge in [-0.25, -0.2) is 4.79 Å². The monoisotopic (exact) mass is 262 g/mol. The first-order valence-electron chi connectivity index (χ1n) is 5.37. The van der Waals surface area contributed by atoms with Gasteiger partial charge in [0.15, 0.2) is 6.10 Å². The molecule has 1 atom stereocenters. The maximum absolute atomic E-state index is 11.7. The predicted molar refractivity (Wildman–Crippen MR) is 68.5 cm³/mol. The number of esters is 1. The highest BCUT2D eigenvalue weighted by atomic mass is 35.5. The van der Waals surface area contributed by atoms with Gasteiger partial charge in [0.1, 0.15) is 5.75 Å². The minimum atomic E-state index is -1.30. The molecule has 0 aromatic heterocycles. The molecule has 0 spiro atoms. The van der Waals surface area contributed by atoms with Gasteiger partial charge in [-0.1, -0.05) is 48.0 Å². The largest absolute Gasteiger partial charge is 0.424 e. The lowest BCUT2D eigenvalue weighted by Gasteiger charge is -2.10. The van der Waals surface area contributed by atoms with Crippen LogP contribution in [0.1, 0.15) is 11.7 Å². The molecule has 2 rings (SSSR count). The van der Waals surface area contributed by atoms with E-state index in [4.69, 9.17) is 16.3 Å². The Morgan fingerprint density at radius 2 is 1.83 bits per heavy atom. The molecule has 2 aromatic carbocycles. The topological polar surface area (TPSA) is 46.5 Å². The Balaban J connectivity index is 2.09. The fourth-order valence-electron chi connectivity index (χ4n) is 1.47. The summed E-state index contributed by atoms with van der Waals surface area (Å²) in [6, 6.07) is 15.0. The van der Waals surface area contributed by atoms with E-state index in [1.165, 1.54) is 6.07 Å². The second-order valence-electron chi connectivity index (χ2n) is 3.69. The number of rotatable bonds is 3. The van der Waals surface area contributed by atoms with E-state index in [9.17, 15) is 9.90 Å². The van der Waals surface area contributed by atoms with Crippen molar-refractivity contribution in [1.29, 1.82) is 0 Å². The molecule has 0 aliphatic heterocycles. The summed E-state index contributed by atoms with van der Waals surface area (Å²) < 4.78 is 5.04. The molecular weight excluding hydrogens is 252 g/mol. The van der Waals surface area contributed by atoms with Gasteiger partial charge in [0.05, 0.1) is 0 Å².